The summed E-state index contributed by atoms with van der Waals surface area (Å²) in [5.41, 5.74) is -2.05. The molecule has 4 bridgehead atoms. The summed E-state index contributed by atoms with van der Waals surface area (Å²) < 4.78 is 20.0. The van der Waals surface area contributed by atoms with Crippen molar-refractivity contribution in [2.75, 3.05) is 0 Å². The maximum atomic E-state index is 14.5. The van der Waals surface area contributed by atoms with Crippen LogP contribution in [0.3, 0.4) is 0 Å². The molecule has 218 valence electrons. The van der Waals surface area contributed by atoms with E-state index in [1.54, 1.807) is 32.9 Å². The number of rotatable bonds is 6. The predicted molar refractivity (Wildman–Crippen MR) is 150 cm³/mol. The van der Waals surface area contributed by atoms with Crippen LogP contribution in [0.25, 0.3) is 0 Å². The lowest BCUT2D eigenvalue weighted by Crippen LogP contribution is -2.72. The number of aldehydes is 1. The number of benzene rings is 1. The minimum atomic E-state index is -1.52. The first-order valence-corrected chi connectivity index (χ1v) is 14.3. The number of ketones is 2. The van der Waals surface area contributed by atoms with Gasteiger partial charge in [0.2, 0.25) is 0 Å². The molecule has 2 N–H and O–H groups in total. The summed E-state index contributed by atoms with van der Waals surface area (Å²) in [5.74, 6) is -1.05. The van der Waals surface area contributed by atoms with Crippen LogP contribution < -0.4 is 9.47 Å². The number of Topliss-reactive ketones (excluding diaryl/α,β-unsaturated/α-hetero) is 2. The van der Waals surface area contributed by atoms with Crippen LogP contribution in [-0.2, 0) is 27.2 Å². The van der Waals surface area contributed by atoms with E-state index in [1.807, 2.05) is 33.8 Å². The fraction of sp³-hybridized carbons (Fsp3) is 0.545. The van der Waals surface area contributed by atoms with Gasteiger partial charge >= 0.3 is 0 Å². The molecule has 7 rings (SSSR count). The summed E-state index contributed by atoms with van der Waals surface area (Å²) in [4.78, 5) is 40.2. The van der Waals surface area contributed by atoms with Crippen molar-refractivity contribution in [3.63, 3.8) is 0 Å². The molecular formula is C33H38O8. The minimum Gasteiger partial charge on any atom is -0.507 e. The molecule has 2 fully saturated rings. The number of carbonyl (C=O) groups excluding carboxylic acids is 3. The molecular weight excluding hydrogens is 524 g/mol. The third kappa shape index (κ3) is 3.56. The summed E-state index contributed by atoms with van der Waals surface area (Å²) in [7, 11) is 0. The van der Waals surface area contributed by atoms with Crippen molar-refractivity contribution in [1.29, 1.82) is 0 Å². The molecule has 41 heavy (non-hydrogen) atoms. The first-order chi connectivity index (χ1) is 19.1. The molecule has 0 aromatic heterocycles. The first kappa shape index (κ1) is 27.9. The molecule has 1 spiro atoms. The number of ether oxygens (including phenoxy) is 3. The molecule has 8 nitrogen and oxygen atoms in total. The highest BCUT2D eigenvalue weighted by molar-refractivity contribution is 6.18. The smallest absolute Gasteiger partial charge is 0.200 e. The van der Waals surface area contributed by atoms with Crippen LogP contribution >= 0.6 is 0 Å². The first-order valence-electron chi connectivity index (χ1n) is 14.3. The van der Waals surface area contributed by atoms with E-state index in [0.29, 0.717) is 40.9 Å². The van der Waals surface area contributed by atoms with E-state index in [2.05, 4.69) is 0 Å². The van der Waals surface area contributed by atoms with Crippen molar-refractivity contribution < 1.29 is 38.8 Å². The largest absolute Gasteiger partial charge is 0.507 e. The third-order valence-electron chi connectivity index (χ3n) is 9.72. The van der Waals surface area contributed by atoms with Gasteiger partial charge in [-0.25, -0.2) is 0 Å². The van der Waals surface area contributed by atoms with Crippen molar-refractivity contribution in [1.82, 2.24) is 0 Å². The average molecular weight is 563 g/mol. The summed E-state index contributed by atoms with van der Waals surface area (Å²) in [6.45, 7) is 12.7. The van der Waals surface area contributed by atoms with Crippen molar-refractivity contribution in [3.05, 3.63) is 51.6 Å². The van der Waals surface area contributed by atoms with Gasteiger partial charge in [-0.05, 0) is 66.9 Å². The van der Waals surface area contributed by atoms with Gasteiger partial charge in [-0.3, -0.25) is 14.4 Å². The zero-order valence-corrected chi connectivity index (χ0v) is 24.7. The molecule has 1 saturated heterocycles. The molecule has 0 amide bonds. The molecule has 6 aliphatic rings. The molecule has 3 aliphatic heterocycles. The number of phenols is 1. The molecule has 1 unspecified atom stereocenters. The van der Waals surface area contributed by atoms with Crippen LogP contribution in [0.15, 0.2) is 34.9 Å². The number of hydrogen-bond donors (Lipinski definition) is 2. The van der Waals surface area contributed by atoms with Gasteiger partial charge in [0.05, 0.1) is 11.2 Å². The van der Waals surface area contributed by atoms with Gasteiger partial charge in [0.15, 0.2) is 22.8 Å². The molecule has 1 aromatic rings. The minimum absolute atomic E-state index is 0.0600. The molecule has 5 atom stereocenters. The lowest BCUT2D eigenvalue weighted by molar-refractivity contribution is -0.171. The second kappa shape index (κ2) is 8.65. The van der Waals surface area contributed by atoms with E-state index in [1.165, 1.54) is 0 Å². The fourth-order valence-corrected chi connectivity index (χ4v) is 7.69. The lowest BCUT2D eigenvalue weighted by atomic mass is 9.51. The number of hydrogen-bond acceptors (Lipinski definition) is 8. The zero-order chi connectivity index (χ0) is 29.9. The zero-order valence-electron chi connectivity index (χ0n) is 24.7. The Morgan fingerprint density at radius 3 is 2.49 bits per heavy atom. The molecule has 1 aromatic carbocycles. The molecule has 8 heteroatoms. The summed E-state index contributed by atoms with van der Waals surface area (Å²) in [6.07, 6.45) is 6.55. The number of phenolic OH excluding ortho intramolecular Hbond substituents is 1. The van der Waals surface area contributed by atoms with Gasteiger partial charge in [0, 0.05) is 41.4 Å². The van der Waals surface area contributed by atoms with E-state index >= 15 is 0 Å². The maximum absolute atomic E-state index is 14.5. The van der Waals surface area contributed by atoms with E-state index in [-0.39, 0.29) is 47.4 Å². The summed E-state index contributed by atoms with van der Waals surface area (Å²) in [6, 6.07) is 0. The number of aliphatic hydroxyl groups is 1. The number of fused-ring (bicyclic) bond motifs is 3. The van der Waals surface area contributed by atoms with Gasteiger partial charge in [-0.1, -0.05) is 23.8 Å². The molecule has 0 radical (unpaired) electrons. The van der Waals surface area contributed by atoms with Crippen molar-refractivity contribution in [2.24, 2.45) is 11.8 Å². The van der Waals surface area contributed by atoms with Crippen LogP contribution in [0.4, 0.5) is 0 Å². The Bertz CT molecular complexity index is 1500. The van der Waals surface area contributed by atoms with Crippen LogP contribution in [-0.4, -0.2) is 56.6 Å². The summed E-state index contributed by atoms with van der Waals surface area (Å²) >= 11 is 0. The summed E-state index contributed by atoms with van der Waals surface area (Å²) in [5, 5.41) is 22.5. The standard InChI is InChI=1S/C33H38O8/c1-16(2)8-9-19-25(35)24-26(36)21-12-18-13-22-31(6,7)41-32(29(18)37,11-10-17(3)15-34)33(21,22)40-28(24)20-14-23(30(4,5)38)39-27(19)20/h8,10,12,15,18,22-23,35,38H,9,11,13-14H2,1-7H3/b17-10+/t18-,22-,23?,32+,33-/m0/s1. The van der Waals surface area contributed by atoms with E-state index in [0.717, 1.165) is 11.9 Å². The van der Waals surface area contributed by atoms with Crippen LogP contribution in [0, 0.1) is 11.8 Å². The Labute approximate surface area is 240 Å². The second-order valence-corrected chi connectivity index (χ2v) is 13.6. The van der Waals surface area contributed by atoms with Crippen LogP contribution in [0.2, 0.25) is 0 Å². The molecule has 3 heterocycles. The van der Waals surface area contributed by atoms with Gasteiger partial charge in [-0.2, -0.15) is 0 Å². The van der Waals surface area contributed by atoms with E-state index in [9.17, 15) is 24.6 Å². The average Bonchev–Trinajstić information content (AvgIpc) is 3.40. The fourth-order valence-electron chi connectivity index (χ4n) is 7.69. The maximum Gasteiger partial charge on any atom is 0.200 e. The Hall–Kier alpha value is -3.23. The van der Waals surface area contributed by atoms with Crippen molar-refractivity contribution in [3.8, 4) is 17.2 Å². The normalized spacial score (nSPS) is 32.4. The Balaban J connectivity index is 1.62. The van der Waals surface area contributed by atoms with E-state index < -0.39 is 34.4 Å². The van der Waals surface area contributed by atoms with Gasteiger partial charge in [0.1, 0.15) is 35.2 Å². The SMILES string of the molecule is CC(C)=CCc1c(O)c2c(c3c1OC(C(C)(C)O)C3)O[C@@]13C(=C[C@H]4C[C@H]1C(C)(C)O[C@]3(C/C=C(\C)C=O)C4=O)C2=O. The monoisotopic (exact) mass is 562 g/mol. The lowest BCUT2D eigenvalue weighted by Gasteiger charge is -2.56. The Morgan fingerprint density at radius 1 is 1.15 bits per heavy atom. The Kier molecular flexibility index (Phi) is 5.89. The van der Waals surface area contributed by atoms with E-state index in [4.69, 9.17) is 14.2 Å². The quantitative estimate of drug-likeness (QED) is 0.295. The van der Waals surface area contributed by atoms with Crippen LogP contribution in [0.1, 0.15) is 82.8 Å². The van der Waals surface area contributed by atoms with Crippen LogP contribution in [0.5, 0.6) is 17.2 Å². The highest BCUT2D eigenvalue weighted by Gasteiger charge is 2.81. The third-order valence-corrected chi connectivity index (χ3v) is 9.72. The number of allylic oxidation sites excluding steroid dienone is 4. The topological polar surface area (TPSA) is 119 Å². The highest BCUT2D eigenvalue weighted by Crippen LogP contribution is 2.68. The number of aromatic hydroxyl groups is 1. The van der Waals surface area contributed by atoms with Gasteiger partial charge in [0.25, 0.3) is 0 Å². The van der Waals surface area contributed by atoms with Gasteiger partial charge in [-0.15, -0.1) is 0 Å². The Morgan fingerprint density at radius 2 is 1.85 bits per heavy atom. The van der Waals surface area contributed by atoms with Crippen molar-refractivity contribution >= 4 is 17.9 Å². The number of carbonyl (C=O) groups is 3. The molecule has 1 saturated carbocycles. The predicted octanol–water partition coefficient (Wildman–Crippen LogP) is 4.52. The van der Waals surface area contributed by atoms with Crippen molar-refractivity contribution in [2.45, 2.75) is 103 Å². The molecule has 3 aliphatic carbocycles. The highest BCUT2D eigenvalue weighted by atomic mass is 16.6. The van der Waals surface area contributed by atoms with Gasteiger partial charge < -0.3 is 24.4 Å². The second-order valence-electron chi connectivity index (χ2n) is 13.6.